The molecule has 1 saturated heterocycles. The number of anilines is 3. The molecule has 1 aromatic carbocycles. The normalized spacial score (nSPS) is 16.3. The third kappa shape index (κ3) is 9.51. The minimum Gasteiger partial charge on any atom is -0.444 e. The fourth-order valence-electron chi connectivity index (χ4n) is 5.55. The summed E-state index contributed by atoms with van der Waals surface area (Å²) in [6.45, 7) is 25.2. The number of amides is 3. The number of ether oxygens (including phenoxy) is 2. The predicted molar refractivity (Wildman–Crippen MR) is 193 cm³/mol. The van der Waals surface area contributed by atoms with Gasteiger partial charge in [0.1, 0.15) is 22.8 Å². The molecule has 4 rings (SSSR count). The summed E-state index contributed by atoms with van der Waals surface area (Å²) in [5.74, 6) is 0.802. The van der Waals surface area contributed by atoms with Crippen LogP contribution in [0.25, 0.3) is 5.65 Å². The Morgan fingerprint density at radius 1 is 1.08 bits per heavy atom. The van der Waals surface area contributed by atoms with Crippen LogP contribution in [-0.4, -0.2) is 66.9 Å². The van der Waals surface area contributed by atoms with Gasteiger partial charge in [-0.05, 0) is 98.8 Å². The summed E-state index contributed by atoms with van der Waals surface area (Å²) in [5.41, 5.74) is 1.46. The van der Waals surface area contributed by atoms with Gasteiger partial charge in [0.15, 0.2) is 5.65 Å². The van der Waals surface area contributed by atoms with E-state index in [2.05, 4.69) is 50.0 Å². The molecule has 49 heavy (non-hydrogen) atoms. The standard InChI is InChI=1S/C37H53N7O5/c1-23(2)28-20-38-44-30(42(33(46)48-35(5,6)7)21-25-14-13-15-26(18-25)40-32(45)24(3)4)19-29(41-31(28)44)39-27-16-17-37(11,12)43(22-27)34(47)49-36(8,9)10/h13-15,18-20,23,27H,3,16-17,21-22H2,1-2,4-12H3,(H,39,41)(H,40,45)/t27-/m0/s1. The number of carbonyl (C=O) groups excluding carboxylic acids is 3. The van der Waals surface area contributed by atoms with Gasteiger partial charge in [-0.1, -0.05) is 32.6 Å². The number of carbonyl (C=O) groups is 3. The van der Waals surface area contributed by atoms with E-state index in [0.717, 1.165) is 24.0 Å². The van der Waals surface area contributed by atoms with E-state index in [1.165, 1.54) is 4.90 Å². The first-order valence-corrected chi connectivity index (χ1v) is 16.9. The Labute approximate surface area is 290 Å². The minimum absolute atomic E-state index is 0.106. The lowest BCUT2D eigenvalue weighted by molar-refractivity contribution is -0.112. The van der Waals surface area contributed by atoms with Crippen LogP contribution in [0.5, 0.6) is 0 Å². The molecule has 3 aromatic rings. The zero-order valence-electron chi connectivity index (χ0n) is 30.9. The van der Waals surface area contributed by atoms with Crippen LogP contribution in [-0.2, 0) is 20.8 Å². The molecule has 0 unspecified atom stereocenters. The van der Waals surface area contributed by atoms with Crippen molar-refractivity contribution in [1.82, 2.24) is 19.5 Å². The van der Waals surface area contributed by atoms with Gasteiger partial charge in [-0.2, -0.15) is 9.61 Å². The molecule has 1 aliphatic heterocycles. The third-order valence-electron chi connectivity index (χ3n) is 8.11. The summed E-state index contributed by atoms with van der Waals surface area (Å²) in [6.07, 6.45) is 2.40. The number of hydrogen-bond donors (Lipinski definition) is 2. The van der Waals surface area contributed by atoms with Crippen molar-refractivity contribution in [3.8, 4) is 0 Å². The molecule has 12 heteroatoms. The van der Waals surface area contributed by atoms with Gasteiger partial charge in [-0.25, -0.2) is 14.6 Å². The molecule has 1 fully saturated rings. The van der Waals surface area contributed by atoms with E-state index in [1.807, 2.05) is 59.7 Å². The Hall–Kier alpha value is -4.61. The van der Waals surface area contributed by atoms with E-state index in [1.54, 1.807) is 34.7 Å². The van der Waals surface area contributed by atoms with Gasteiger partial charge in [0.05, 0.1) is 12.7 Å². The van der Waals surface area contributed by atoms with E-state index >= 15 is 0 Å². The summed E-state index contributed by atoms with van der Waals surface area (Å²) < 4.78 is 13.3. The first-order chi connectivity index (χ1) is 22.6. The number of fused-ring (bicyclic) bond motifs is 1. The minimum atomic E-state index is -0.771. The number of rotatable bonds is 8. The van der Waals surface area contributed by atoms with E-state index in [0.29, 0.717) is 35.1 Å². The first-order valence-electron chi connectivity index (χ1n) is 16.9. The Balaban J connectivity index is 1.77. The molecule has 266 valence electrons. The van der Waals surface area contributed by atoms with Crippen LogP contribution in [0.2, 0.25) is 0 Å². The predicted octanol–water partition coefficient (Wildman–Crippen LogP) is 7.90. The molecular formula is C37H53N7O5. The topological polar surface area (TPSA) is 130 Å². The van der Waals surface area contributed by atoms with E-state index in [4.69, 9.17) is 14.5 Å². The molecule has 0 radical (unpaired) electrons. The van der Waals surface area contributed by atoms with Gasteiger partial charge in [-0.15, -0.1) is 0 Å². The number of benzene rings is 1. The van der Waals surface area contributed by atoms with Crippen molar-refractivity contribution in [3.05, 3.63) is 59.8 Å². The van der Waals surface area contributed by atoms with E-state index in [-0.39, 0.29) is 36.0 Å². The largest absolute Gasteiger partial charge is 0.444 e. The second kappa shape index (κ2) is 14.1. The molecule has 12 nitrogen and oxygen atoms in total. The summed E-state index contributed by atoms with van der Waals surface area (Å²) in [4.78, 5) is 47.9. The SMILES string of the molecule is C=C(C)C(=O)Nc1cccc(CN(C(=O)OC(C)(C)C)c2cc(N[C@H]3CCC(C)(C)N(C(=O)OC(C)(C)C)C3)nc3c(C(C)C)cnn23)c1. The molecule has 3 heterocycles. The molecule has 2 N–H and O–H groups in total. The highest BCUT2D eigenvalue weighted by atomic mass is 16.6. The van der Waals surface area contributed by atoms with Crippen molar-refractivity contribution < 1.29 is 23.9 Å². The van der Waals surface area contributed by atoms with Crippen LogP contribution < -0.4 is 15.5 Å². The highest BCUT2D eigenvalue weighted by Crippen LogP contribution is 2.33. The lowest BCUT2D eigenvalue weighted by Gasteiger charge is -2.45. The summed E-state index contributed by atoms with van der Waals surface area (Å²) in [5, 5.41) is 11.1. The van der Waals surface area contributed by atoms with Gasteiger partial charge in [0, 0.05) is 41.0 Å². The Kier molecular flexibility index (Phi) is 10.7. The van der Waals surface area contributed by atoms with Crippen LogP contribution >= 0.6 is 0 Å². The Morgan fingerprint density at radius 2 is 1.76 bits per heavy atom. The number of nitrogens with one attached hydrogen (secondary N) is 2. The van der Waals surface area contributed by atoms with Crippen molar-refractivity contribution >= 4 is 41.1 Å². The van der Waals surface area contributed by atoms with Gasteiger partial charge in [-0.3, -0.25) is 9.69 Å². The van der Waals surface area contributed by atoms with E-state index in [9.17, 15) is 14.4 Å². The van der Waals surface area contributed by atoms with E-state index < -0.39 is 17.3 Å². The quantitative estimate of drug-likeness (QED) is 0.231. The first kappa shape index (κ1) is 37.2. The average Bonchev–Trinajstić information content (AvgIpc) is 3.39. The van der Waals surface area contributed by atoms with Crippen molar-refractivity contribution in [1.29, 1.82) is 0 Å². The molecule has 0 bridgehead atoms. The number of hydrogen-bond acceptors (Lipinski definition) is 8. The molecule has 3 amide bonds. The maximum absolute atomic E-state index is 14.0. The average molecular weight is 676 g/mol. The van der Waals surface area contributed by atoms with Crippen molar-refractivity contribution in [3.63, 3.8) is 0 Å². The van der Waals surface area contributed by atoms with Crippen molar-refractivity contribution in [2.75, 3.05) is 22.1 Å². The Morgan fingerprint density at radius 3 is 2.37 bits per heavy atom. The van der Waals surface area contributed by atoms with Crippen molar-refractivity contribution in [2.45, 2.75) is 124 Å². The molecule has 0 spiro atoms. The van der Waals surface area contributed by atoms with Gasteiger partial charge in [0.25, 0.3) is 5.91 Å². The van der Waals surface area contributed by atoms with Crippen LogP contribution in [0.15, 0.2) is 48.7 Å². The lowest BCUT2D eigenvalue weighted by Crippen LogP contribution is -2.57. The number of likely N-dealkylation sites (tertiary alicyclic amines) is 1. The third-order valence-corrected chi connectivity index (χ3v) is 8.11. The maximum atomic E-state index is 14.0. The second-order valence-electron chi connectivity index (χ2n) is 15.8. The highest BCUT2D eigenvalue weighted by Gasteiger charge is 2.40. The molecule has 0 saturated carbocycles. The maximum Gasteiger partial charge on any atom is 0.416 e. The second-order valence-corrected chi connectivity index (χ2v) is 15.8. The van der Waals surface area contributed by atoms with Crippen LogP contribution in [0.4, 0.5) is 26.9 Å². The zero-order chi connectivity index (χ0) is 36.5. The molecule has 2 aromatic heterocycles. The van der Waals surface area contributed by atoms with Crippen LogP contribution in [0.1, 0.15) is 106 Å². The molecular weight excluding hydrogens is 622 g/mol. The lowest BCUT2D eigenvalue weighted by atomic mass is 9.88. The fraction of sp³-hybridized carbons (Fsp3) is 0.541. The number of aromatic nitrogens is 3. The highest BCUT2D eigenvalue weighted by molar-refractivity contribution is 6.02. The summed E-state index contributed by atoms with van der Waals surface area (Å²) in [7, 11) is 0. The number of piperidine rings is 1. The monoisotopic (exact) mass is 675 g/mol. The summed E-state index contributed by atoms with van der Waals surface area (Å²) in [6, 6.07) is 8.95. The van der Waals surface area contributed by atoms with Crippen molar-refractivity contribution in [2.24, 2.45) is 0 Å². The van der Waals surface area contributed by atoms with Gasteiger partial charge >= 0.3 is 12.2 Å². The summed E-state index contributed by atoms with van der Waals surface area (Å²) >= 11 is 0. The van der Waals surface area contributed by atoms with Gasteiger partial charge in [0.2, 0.25) is 0 Å². The van der Waals surface area contributed by atoms with Crippen LogP contribution in [0.3, 0.4) is 0 Å². The molecule has 1 atom stereocenters. The fourth-order valence-corrected chi connectivity index (χ4v) is 5.55. The number of nitrogens with zero attached hydrogens (tertiary/aromatic N) is 5. The smallest absolute Gasteiger partial charge is 0.416 e. The van der Waals surface area contributed by atoms with Crippen LogP contribution in [0, 0.1) is 0 Å². The Bertz CT molecular complexity index is 1710. The molecule has 0 aliphatic carbocycles. The zero-order valence-corrected chi connectivity index (χ0v) is 30.9. The molecule has 1 aliphatic rings. The van der Waals surface area contributed by atoms with Gasteiger partial charge < -0.3 is 25.0 Å².